The number of ether oxygens (including phenoxy) is 1. The largest absolute Gasteiger partial charge is 0.383 e. The van der Waals surface area contributed by atoms with Crippen LogP contribution in [0.25, 0.3) is 0 Å². The van der Waals surface area contributed by atoms with Crippen LogP contribution in [0.1, 0.15) is 32.4 Å². The molecule has 96 valence electrons. The van der Waals surface area contributed by atoms with E-state index in [0.717, 1.165) is 10.6 Å². The van der Waals surface area contributed by atoms with Crippen molar-refractivity contribution in [2.45, 2.75) is 32.9 Å². The first kappa shape index (κ1) is 14.5. The zero-order valence-corrected chi connectivity index (χ0v) is 11.8. The highest BCUT2D eigenvalue weighted by molar-refractivity contribution is 6.31. The number of rotatable bonds is 6. The molecule has 0 saturated heterocycles. The van der Waals surface area contributed by atoms with Crippen LogP contribution < -0.4 is 5.32 Å². The lowest BCUT2D eigenvalue weighted by atomic mass is 10.0. The van der Waals surface area contributed by atoms with Crippen molar-refractivity contribution in [2.75, 3.05) is 13.7 Å². The van der Waals surface area contributed by atoms with Crippen LogP contribution in [0, 0.1) is 5.92 Å². The van der Waals surface area contributed by atoms with Crippen molar-refractivity contribution < 1.29 is 4.74 Å². The topological polar surface area (TPSA) is 21.3 Å². The Bertz CT molecular complexity index is 341. The predicted molar refractivity (Wildman–Crippen MR) is 73.5 cm³/mol. The summed E-state index contributed by atoms with van der Waals surface area (Å²) < 4.78 is 5.24. The molecule has 2 atom stereocenters. The first-order valence-electron chi connectivity index (χ1n) is 6.05. The molecule has 1 aromatic carbocycles. The van der Waals surface area contributed by atoms with Crippen LogP contribution >= 0.6 is 11.6 Å². The summed E-state index contributed by atoms with van der Waals surface area (Å²) >= 11 is 6.19. The van der Waals surface area contributed by atoms with E-state index in [-0.39, 0.29) is 6.04 Å². The third-order valence-electron chi connectivity index (χ3n) is 2.99. The molecule has 1 N–H and O–H groups in total. The van der Waals surface area contributed by atoms with E-state index in [4.69, 9.17) is 16.3 Å². The average Bonchev–Trinajstić information content (AvgIpc) is 2.28. The van der Waals surface area contributed by atoms with E-state index in [1.807, 2.05) is 18.2 Å². The Labute approximate surface area is 109 Å². The van der Waals surface area contributed by atoms with Crippen molar-refractivity contribution in [3.8, 4) is 0 Å². The maximum atomic E-state index is 6.19. The molecule has 3 heteroatoms. The van der Waals surface area contributed by atoms with Gasteiger partial charge in [0, 0.05) is 24.2 Å². The number of nitrogens with one attached hydrogen (secondary N) is 1. The molecular formula is C14H22ClNO. The summed E-state index contributed by atoms with van der Waals surface area (Å²) in [7, 11) is 1.73. The quantitative estimate of drug-likeness (QED) is 0.838. The van der Waals surface area contributed by atoms with E-state index in [0.29, 0.717) is 18.6 Å². The minimum absolute atomic E-state index is 0.228. The van der Waals surface area contributed by atoms with Crippen LogP contribution in [0.2, 0.25) is 5.02 Å². The second kappa shape index (κ2) is 7.00. The predicted octanol–water partition coefficient (Wildman–Crippen LogP) is 3.66. The summed E-state index contributed by atoms with van der Waals surface area (Å²) in [4.78, 5) is 0. The first-order valence-corrected chi connectivity index (χ1v) is 6.43. The van der Waals surface area contributed by atoms with Crippen molar-refractivity contribution in [2.24, 2.45) is 5.92 Å². The van der Waals surface area contributed by atoms with Crippen LogP contribution in [0.5, 0.6) is 0 Å². The van der Waals surface area contributed by atoms with Crippen molar-refractivity contribution >= 4 is 11.6 Å². The van der Waals surface area contributed by atoms with Gasteiger partial charge in [0.2, 0.25) is 0 Å². The summed E-state index contributed by atoms with van der Waals surface area (Å²) in [6.07, 6.45) is 0. The van der Waals surface area contributed by atoms with Crippen molar-refractivity contribution in [3.05, 3.63) is 34.9 Å². The van der Waals surface area contributed by atoms with Crippen molar-refractivity contribution in [3.63, 3.8) is 0 Å². The van der Waals surface area contributed by atoms with Gasteiger partial charge in [0.05, 0.1) is 6.61 Å². The van der Waals surface area contributed by atoms with E-state index >= 15 is 0 Å². The molecule has 0 amide bonds. The molecule has 0 aliphatic carbocycles. The fraction of sp³-hybridized carbons (Fsp3) is 0.571. The monoisotopic (exact) mass is 255 g/mol. The Morgan fingerprint density at radius 2 is 1.88 bits per heavy atom. The molecule has 0 heterocycles. The van der Waals surface area contributed by atoms with Crippen molar-refractivity contribution in [1.29, 1.82) is 0 Å². The first-order chi connectivity index (χ1) is 8.06. The number of hydrogen-bond donors (Lipinski definition) is 1. The number of methoxy groups -OCH3 is 1. The summed E-state index contributed by atoms with van der Waals surface area (Å²) in [5, 5.41) is 4.38. The summed E-state index contributed by atoms with van der Waals surface area (Å²) in [5.74, 6) is 0.528. The van der Waals surface area contributed by atoms with E-state index in [9.17, 15) is 0 Å². The van der Waals surface area contributed by atoms with E-state index < -0.39 is 0 Å². The summed E-state index contributed by atoms with van der Waals surface area (Å²) in [6, 6.07) is 8.52. The fourth-order valence-electron chi connectivity index (χ4n) is 1.85. The Kier molecular flexibility index (Phi) is 5.96. The average molecular weight is 256 g/mol. The molecule has 0 spiro atoms. The summed E-state index contributed by atoms with van der Waals surface area (Å²) in [5.41, 5.74) is 1.14. The molecule has 0 saturated carbocycles. The van der Waals surface area contributed by atoms with Gasteiger partial charge in [-0.15, -0.1) is 0 Å². The second-order valence-electron chi connectivity index (χ2n) is 4.72. The third kappa shape index (κ3) is 4.30. The highest BCUT2D eigenvalue weighted by atomic mass is 35.5. The minimum Gasteiger partial charge on any atom is -0.383 e. The van der Waals surface area contributed by atoms with Crippen LogP contribution in [-0.4, -0.2) is 19.8 Å². The Balaban J connectivity index is 2.70. The van der Waals surface area contributed by atoms with E-state index in [1.54, 1.807) is 7.11 Å². The van der Waals surface area contributed by atoms with Gasteiger partial charge in [-0.05, 0) is 24.5 Å². The molecule has 1 rings (SSSR count). The Morgan fingerprint density at radius 1 is 1.24 bits per heavy atom. The molecule has 0 radical (unpaired) electrons. The fourth-order valence-corrected chi connectivity index (χ4v) is 2.15. The lowest BCUT2D eigenvalue weighted by Crippen LogP contribution is -2.39. The van der Waals surface area contributed by atoms with Crippen molar-refractivity contribution in [1.82, 2.24) is 5.32 Å². The SMILES string of the molecule is COCC(N[C@H](C)c1ccccc1Cl)C(C)C. The van der Waals surface area contributed by atoms with Gasteiger partial charge in [0.25, 0.3) is 0 Å². The van der Waals surface area contributed by atoms with Gasteiger partial charge in [-0.2, -0.15) is 0 Å². The van der Waals surface area contributed by atoms with Crippen LogP contribution in [0.15, 0.2) is 24.3 Å². The molecule has 0 aliphatic rings. The van der Waals surface area contributed by atoms with Crippen LogP contribution in [0.3, 0.4) is 0 Å². The molecule has 17 heavy (non-hydrogen) atoms. The highest BCUT2D eigenvalue weighted by Gasteiger charge is 2.17. The van der Waals surface area contributed by atoms with Gasteiger partial charge >= 0.3 is 0 Å². The molecule has 1 aromatic rings. The minimum atomic E-state index is 0.228. The highest BCUT2D eigenvalue weighted by Crippen LogP contribution is 2.23. The normalized spacial score (nSPS) is 14.9. The van der Waals surface area contributed by atoms with Gasteiger partial charge < -0.3 is 10.1 Å². The maximum Gasteiger partial charge on any atom is 0.0618 e. The Morgan fingerprint density at radius 3 is 2.41 bits per heavy atom. The smallest absolute Gasteiger partial charge is 0.0618 e. The molecule has 1 unspecified atom stereocenters. The second-order valence-corrected chi connectivity index (χ2v) is 5.12. The maximum absolute atomic E-state index is 6.19. The molecule has 0 bridgehead atoms. The standard InChI is InChI=1S/C14H22ClNO/c1-10(2)14(9-17-4)16-11(3)12-7-5-6-8-13(12)15/h5-8,10-11,14,16H,9H2,1-4H3/t11-,14?/m1/s1. The zero-order chi connectivity index (χ0) is 12.8. The molecule has 0 aromatic heterocycles. The lowest BCUT2D eigenvalue weighted by molar-refractivity contribution is 0.141. The Hall–Kier alpha value is -0.570. The zero-order valence-electron chi connectivity index (χ0n) is 11.0. The lowest BCUT2D eigenvalue weighted by Gasteiger charge is -2.26. The van der Waals surface area contributed by atoms with Crippen LogP contribution in [-0.2, 0) is 4.74 Å². The van der Waals surface area contributed by atoms with Gasteiger partial charge in [0.15, 0.2) is 0 Å². The number of halogens is 1. The number of hydrogen-bond acceptors (Lipinski definition) is 2. The summed E-state index contributed by atoms with van der Waals surface area (Å²) in [6.45, 7) is 7.23. The third-order valence-corrected chi connectivity index (χ3v) is 3.33. The van der Waals surface area contributed by atoms with Gasteiger partial charge in [-0.1, -0.05) is 43.6 Å². The molecule has 0 aliphatic heterocycles. The van der Waals surface area contributed by atoms with Gasteiger partial charge in [0.1, 0.15) is 0 Å². The molecule has 0 fully saturated rings. The van der Waals surface area contributed by atoms with Gasteiger partial charge in [-0.25, -0.2) is 0 Å². The van der Waals surface area contributed by atoms with Gasteiger partial charge in [-0.3, -0.25) is 0 Å². The van der Waals surface area contributed by atoms with Crippen LogP contribution in [0.4, 0.5) is 0 Å². The molecular weight excluding hydrogens is 234 g/mol. The van der Waals surface area contributed by atoms with E-state index in [1.165, 1.54) is 0 Å². The van der Waals surface area contributed by atoms with E-state index in [2.05, 4.69) is 32.2 Å². The number of benzene rings is 1. The molecule has 2 nitrogen and oxygen atoms in total.